The van der Waals surface area contributed by atoms with Crippen LogP contribution in [0.3, 0.4) is 0 Å². The largest absolute Gasteiger partial charge is 0.507 e. The van der Waals surface area contributed by atoms with E-state index < -0.39 is 0 Å². The summed E-state index contributed by atoms with van der Waals surface area (Å²) in [6, 6.07) is 67.5. The summed E-state index contributed by atoms with van der Waals surface area (Å²) in [6.45, 7) is 22.4. The maximum atomic E-state index is 12.8. The monoisotopic (exact) mass is 940 g/mol. The van der Waals surface area contributed by atoms with E-state index in [0.717, 1.165) is 78.0 Å². The predicted octanol–water partition coefficient (Wildman–Crippen LogP) is 18.6. The molecule has 0 saturated carbocycles. The van der Waals surface area contributed by atoms with Gasteiger partial charge in [-0.15, -0.1) is 0 Å². The van der Waals surface area contributed by atoms with Gasteiger partial charge >= 0.3 is 0 Å². The van der Waals surface area contributed by atoms with Gasteiger partial charge in [0.05, 0.1) is 28.0 Å². The van der Waals surface area contributed by atoms with Crippen LogP contribution in [-0.2, 0) is 10.8 Å². The van der Waals surface area contributed by atoms with E-state index in [1.807, 2.05) is 6.20 Å². The van der Waals surface area contributed by atoms with Crippen molar-refractivity contribution < 1.29 is 5.11 Å². The van der Waals surface area contributed by atoms with Crippen molar-refractivity contribution in [3.05, 3.63) is 217 Å². The Morgan fingerprint density at radius 1 is 0.431 bits per heavy atom. The summed E-state index contributed by atoms with van der Waals surface area (Å²) >= 11 is 0. The first kappa shape index (κ1) is 47.8. The van der Waals surface area contributed by atoms with E-state index in [0.29, 0.717) is 5.82 Å². The highest BCUT2D eigenvalue weighted by atomic mass is 16.3. The van der Waals surface area contributed by atoms with Crippen LogP contribution in [0.15, 0.2) is 194 Å². The second kappa shape index (κ2) is 19.1. The van der Waals surface area contributed by atoms with E-state index >= 15 is 0 Å². The molecule has 4 heteroatoms. The van der Waals surface area contributed by atoms with Crippen LogP contribution in [0.1, 0.15) is 103 Å². The van der Waals surface area contributed by atoms with Gasteiger partial charge in [0.25, 0.3) is 0 Å². The average Bonchev–Trinajstić information content (AvgIpc) is 3.77. The number of pyridine rings is 1. The third kappa shape index (κ3) is 9.30. The Balaban J connectivity index is 1.28. The van der Waals surface area contributed by atoms with Crippen molar-refractivity contribution in [2.75, 3.05) is 0 Å². The number of phenolic OH excluding ortho intramolecular Hbond substituents is 1. The number of hydrogen-bond donors (Lipinski definition) is 1. The fourth-order valence-corrected chi connectivity index (χ4v) is 10.1. The smallest absolute Gasteiger partial charge is 0.149 e. The van der Waals surface area contributed by atoms with Gasteiger partial charge in [0.1, 0.15) is 11.6 Å². The minimum absolute atomic E-state index is 0.168. The molecule has 4 nitrogen and oxygen atoms in total. The third-order valence-corrected chi connectivity index (χ3v) is 14.2. The molecule has 0 bridgehead atoms. The summed E-state index contributed by atoms with van der Waals surface area (Å²) in [5.41, 5.74) is 20.7. The Hall–Kier alpha value is -7.82. The second-order valence-corrected chi connectivity index (χ2v) is 22.1. The van der Waals surface area contributed by atoms with Crippen LogP contribution in [0.2, 0.25) is 0 Å². The van der Waals surface area contributed by atoms with E-state index in [-0.39, 0.29) is 28.4 Å². The van der Waals surface area contributed by atoms with E-state index in [2.05, 4.69) is 262 Å². The molecule has 1 N–H and O–H groups in total. The van der Waals surface area contributed by atoms with Crippen LogP contribution in [0, 0.1) is 0 Å². The maximum Gasteiger partial charge on any atom is 0.149 e. The minimum atomic E-state index is -0.340. The molecule has 2 heterocycles. The molecule has 0 atom stereocenters. The van der Waals surface area contributed by atoms with Crippen LogP contribution < -0.4 is 0 Å². The van der Waals surface area contributed by atoms with Crippen molar-refractivity contribution in [2.24, 2.45) is 0 Å². The number of para-hydroxylation sites is 1. The lowest BCUT2D eigenvalue weighted by Crippen LogP contribution is -2.17. The fourth-order valence-electron chi connectivity index (χ4n) is 10.1. The molecule has 358 valence electrons. The highest BCUT2D eigenvalue weighted by Crippen LogP contribution is 2.47. The number of benzene rings is 8. The summed E-state index contributed by atoms with van der Waals surface area (Å²) in [7, 11) is 0. The second-order valence-electron chi connectivity index (χ2n) is 22.1. The molecule has 0 saturated heterocycles. The van der Waals surface area contributed by atoms with Gasteiger partial charge in [-0.05, 0) is 144 Å². The maximum absolute atomic E-state index is 12.8. The van der Waals surface area contributed by atoms with Crippen molar-refractivity contribution in [3.63, 3.8) is 0 Å². The molecule has 0 fully saturated rings. The number of rotatable bonds is 10. The molecule has 0 aliphatic rings. The topological polar surface area (TPSA) is 50.9 Å². The lowest BCUT2D eigenvalue weighted by atomic mass is 9.78. The fraction of sp³-hybridized carbons (Fsp3) is 0.206. The number of hydrogen-bond acceptors (Lipinski definition) is 3. The van der Waals surface area contributed by atoms with Gasteiger partial charge in [0, 0.05) is 22.9 Å². The molecule has 0 amide bonds. The van der Waals surface area contributed by atoms with Gasteiger partial charge in [0.2, 0.25) is 0 Å². The van der Waals surface area contributed by atoms with Crippen LogP contribution in [0.25, 0.3) is 95.0 Å². The number of fused-ring (bicyclic) bond motifs is 1. The van der Waals surface area contributed by atoms with Gasteiger partial charge in [-0.25, -0.2) is 4.98 Å². The molecule has 0 spiro atoms. The van der Waals surface area contributed by atoms with Gasteiger partial charge in [-0.3, -0.25) is 9.55 Å². The highest BCUT2D eigenvalue weighted by molar-refractivity contribution is 5.98. The van der Waals surface area contributed by atoms with E-state index in [9.17, 15) is 5.11 Å². The van der Waals surface area contributed by atoms with Crippen molar-refractivity contribution in [1.82, 2.24) is 14.5 Å². The molecular weight excluding hydrogens is 875 g/mol. The average molecular weight is 940 g/mol. The molecule has 10 aromatic rings. The Bertz CT molecular complexity index is 3540. The number of aromatic nitrogens is 3. The van der Waals surface area contributed by atoms with Crippen LogP contribution >= 0.6 is 0 Å². The van der Waals surface area contributed by atoms with Crippen molar-refractivity contribution in [2.45, 2.75) is 91.9 Å². The number of imidazole rings is 1. The predicted molar refractivity (Wildman–Crippen MR) is 304 cm³/mol. The molecule has 0 aliphatic carbocycles. The summed E-state index contributed by atoms with van der Waals surface area (Å²) in [5, 5.41) is 12.8. The highest BCUT2D eigenvalue weighted by Gasteiger charge is 2.31. The molecular formula is C68H65N3O. The van der Waals surface area contributed by atoms with Gasteiger partial charge in [-0.1, -0.05) is 203 Å². The molecule has 0 radical (unpaired) electrons. The lowest BCUT2D eigenvalue weighted by Gasteiger charge is -2.28. The summed E-state index contributed by atoms with van der Waals surface area (Å²) in [4.78, 5) is 10.8. The SMILES string of the molecule is CC(C)c1cc(-c2ccccc2)cc(C(C)C)c1-n1c(-c2cc(C(C)(C)C)cc(C(C)(C)C)c2O)nc2c(-c3cc(-c4ccc(-c5ccccc5)cc4)cc(-c4cc(-c5ccccc5)ccn4)c3)cccc21. The standard InChI is InChI=1S/C68H65N3O/c1-43(2)57-38-52(47-25-18-13-19-26-47)39-58(44(3)4)64(57)71-62-28-20-27-56(63(62)70-66(71)59-41-55(67(5,6)7)42-60(65(59)72)68(8,9)10)53-35-51(49-31-29-48(30-32-49)45-21-14-11-15-22-45)36-54(37-53)61-40-50(33-34-69-61)46-23-16-12-17-24-46/h11-44,72H,1-10H3. The number of aromatic hydroxyl groups is 1. The molecule has 72 heavy (non-hydrogen) atoms. The van der Waals surface area contributed by atoms with Crippen LogP contribution in [0.5, 0.6) is 5.75 Å². The number of nitrogens with zero attached hydrogens (tertiary/aromatic N) is 3. The summed E-state index contributed by atoms with van der Waals surface area (Å²) < 4.78 is 2.38. The van der Waals surface area contributed by atoms with E-state index in [1.165, 1.54) is 33.4 Å². The van der Waals surface area contributed by atoms with Crippen molar-refractivity contribution in [1.29, 1.82) is 0 Å². The summed E-state index contributed by atoms with van der Waals surface area (Å²) in [6.07, 6.45) is 1.92. The van der Waals surface area contributed by atoms with Gasteiger partial charge < -0.3 is 5.11 Å². The van der Waals surface area contributed by atoms with Crippen LogP contribution in [0.4, 0.5) is 0 Å². The Kier molecular flexibility index (Phi) is 12.7. The minimum Gasteiger partial charge on any atom is -0.507 e. The Morgan fingerprint density at radius 3 is 1.49 bits per heavy atom. The molecule has 2 aromatic heterocycles. The zero-order chi connectivity index (χ0) is 50.5. The Labute approximate surface area is 426 Å². The van der Waals surface area contributed by atoms with Gasteiger partial charge in [-0.2, -0.15) is 0 Å². The van der Waals surface area contributed by atoms with Crippen LogP contribution in [-0.4, -0.2) is 19.6 Å². The quantitative estimate of drug-likeness (QED) is 0.149. The Morgan fingerprint density at radius 2 is 0.931 bits per heavy atom. The molecule has 0 aliphatic heterocycles. The summed E-state index contributed by atoms with van der Waals surface area (Å²) in [5.74, 6) is 1.31. The first-order valence-corrected chi connectivity index (χ1v) is 25.5. The first-order valence-electron chi connectivity index (χ1n) is 25.5. The molecule has 8 aromatic carbocycles. The lowest BCUT2D eigenvalue weighted by molar-refractivity contribution is 0.446. The zero-order valence-electron chi connectivity index (χ0n) is 43.4. The third-order valence-electron chi connectivity index (χ3n) is 14.2. The normalized spacial score (nSPS) is 12.1. The molecule has 10 rings (SSSR count). The molecule has 0 unspecified atom stereocenters. The van der Waals surface area contributed by atoms with Crippen molar-refractivity contribution in [3.8, 4) is 89.7 Å². The van der Waals surface area contributed by atoms with E-state index in [4.69, 9.17) is 9.97 Å². The van der Waals surface area contributed by atoms with Crippen molar-refractivity contribution >= 4 is 11.0 Å². The van der Waals surface area contributed by atoms with Gasteiger partial charge in [0.15, 0.2) is 0 Å². The number of phenols is 1. The zero-order valence-corrected chi connectivity index (χ0v) is 43.4. The first-order chi connectivity index (χ1) is 34.5. The van der Waals surface area contributed by atoms with E-state index in [1.54, 1.807) is 0 Å².